The van der Waals surface area contributed by atoms with Crippen LogP contribution in [0.5, 0.6) is 11.5 Å². The number of likely N-dealkylation sites (N-methyl/N-ethyl adjacent to an activating group) is 1. The van der Waals surface area contributed by atoms with E-state index in [1.54, 1.807) is 13.8 Å². The van der Waals surface area contributed by atoms with Gasteiger partial charge in [-0.2, -0.15) is 4.31 Å². The average Bonchev–Trinajstić information content (AvgIpc) is 2.98. The number of halogens is 1. The highest BCUT2D eigenvalue weighted by atomic mass is 35.5. The number of fused-ring (bicyclic) bond motifs is 1. The van der Waals surface area contributed by atoms with Crippen LogP contribution in [0.25, 0.3) is 0 Å². The molecule has 0 radical (unpaired) electrons. The second-order valence-corrected chi connectivity index (χ2v) is 14.5. The molecule has 3 aromatic rings. The van der Waals surface area contributed by atoms with Gasteiger partial charge < -0.3 is 19.5 Å². The summed E-state index contributed by atoms with van der Waals surface area (Å²) in [5.74, 6) is -0.464. The van der Waals surface area contributed by atoms with E-state index in [0.29, 0.717) is 10.8 Å². The number of anilines is 1. The Morgan fingerprint density at radius 2 is 1.70 bits per heavy atom. The van der Waals surface area contributed by atoms with Gasteiger partial charge in [0, 0.05) is 24.5 Å². The first kappa shape index (κ1) is 32.6. The Morgan fingerprint density at radius 3 is 2.30 bits per heavy atom. The van der Waals surface area contributed by atoms with Gasteiger partial charge in [-0.1, -0.05) is 24.6 Å². The zero-order valence-corrected chi connectivity index (χ0v) is 26.5. The highest BCUT2D eigenvalue weighted by Gasteiger charge is 2.36. The number of nitrogens with zero attached hydrogens (tertiary/aromatic N) is 2. The molecule has 1 amide bonds. The van der Waals surface area contributed by atoms with E-state index in [1.807, 2.05) is 0 Å². The molecular formula is C29H34ClN3O8S2. The van der Waals surface area contributed by atoms with Crippen molar-refractivity contribution in [2.75, 3.05) is 38.6 Å². The maximum absolute atomic E-state index is 13.7. The maximum Gasteiger partial charge on any atom is 0.262 e. The quantitative estimate of drug-likeness (QED) is 0.338. The number of benzene rings is 3. The van der Waals surface area contributed by atoms with E-state index in [0.717, 1.165) is 4.31 Å². The Balaban J connectivity index is 1.75. The Bertz CT molecular complexity index is 1670. The second kappa shape index (κ2) is 13.1. The number of sulfonamides is 2. The van der Waals surface area contributed by atoms with Crippen LogP contribution in [0.2, 0.25) is 5.02 Å². The molecule has 232 valence electrons. The van der Waals surface area contributed by atoms with Gasteiger partial charge >= 0.3 is 0 Å². The third-order valence-electron chi connectivity index (χ3n) is 7.26. The number of methoxy groups -OCH3 is 1. The third kappa shape index (κ3) is 7.07. The molecule has 14 heteroatoms. The first-order valence-corrected chi connectivity index (χ1v) is 16.7. The van der Waals surface area contributed by atoms with Gasteiger partial charge in [-0.3, -0.25) is 9.52 Å². The van der Waals surface area contributed by atoms with Gasteiger partial charge in [0.25, 0.3) is 15.9 Å². The third-order valence-corrected chi connectivity index (χ3v) is 10.7. The summed E-state index contributed by atoms with van der Waals surface area (Å²) in [5.41, 5.74) is 0.0657. The first-order chi connectivity index (χ1) is 20.3. The van der Waals surface area contributed by atoms with Gasteiger partial charge in [0.2, 0.25) is 10.0 Å². The monoisotopic (exact) mass is 651 g/mol. The summed E-state index contributed by atoms with van der Waals surface area (Å²) in [6.45, 7) is 3.21. The molecule has 0 bridgehead atoms. The van der Waals surface area contributed by atoms with E-state index in [4.69, 9.17) is 21.1 Å². The minimum atomic E-state index is -4.13. The van der Waals surface area contributed by atoms with E-state index in [1.165, 1.54) is 85.8 Å². The summed E-state index contributed by atoms with van der Waals surface area (Å²) < 4.78 is 68.6. The number of hydrogen-bond acceptors (Lipinski definition) is 8. The fraction of sp³-hybridized carbons (Fsp3) is 0.345. The number of rotatable bonds is 10. The molecule has 0 saturated heterocycles. The highest BCUT2D eigenvalue weighted by Crippen LogP contribution is 2.36. The maximum atomic E-state index is 13.7. The normalized spacial score (nSPS) is 18.3. The van der Waals surface area contributed by atoms with E-state index < -0.39 is 44.0 Å². The van der Waals surface area contributed by atoms with Gasteiger partial charge in [0.05, 0.1) is 47.3 Å². The number of ether oxygens (including phenoxy) is 2. The molecule has 43 heavy (non-hydrogen) atoms. The van der Waals surface area contributed by atoms with Crippen LogP contribution in [-0.2, 0) is 20.0 Å². The molecule has 0 aliphatic carbocycles. The topological polar surface area (TPSA) is 143 Å². The number of aliphatic hydroxyl groups excluding tert-OH is 1. The van der Waals surface area contributed by atoms with Gasteiger partial charge in [-0.15, -0.1) is 0 Å². The van der Waals surface area contributed by atoms with Crippen molar-refractivity contribution in [1.82, 2.24) is 9.21 Å². The number of carbonyl (C=O) groups excluding carboxylic acids is 1. The van der Waals surface area contributed by atoms with E-state index in [-0.39, 0.29) is 46.5 Å². The predicted octanol–water partition coefficient (Wildman–Crippen LogP) is 3.69. The SMILES string of the molecule is COc1ccc(S(=O)(=O)Nc2cccc3c2O[C@@H](CN(C)S(=O)(=O)c2ccc(Cl)cc2)[C@@H](C)CN([C@H](C)CO)C3=O)cc1. The van der Waals surface area contributed by atoms with Crippen molar-refractivity contribution in [3.8, 4) is 11.5 Å². The lowest BCUT2D eigenvalue weighted by molar-refractivity contribution is 0.0389. The zero-order chi connectivity index (χ0) is 31.5. The molecule has 4 rings (SSSR count). The molecule has 0 fully saturated rings. The summed E-state index contributed by atoms with van der Waals surface area (Å²) in [6, 6.07) is 15.5. The molecule has 1 aliphatic heterocycles. The number of amides is 1. The number of aliphatic hydroxyl groups is 1. The van der Waals surface area contributed by atoms with Crippen molar-refractivity contribution < 1.29 is 36.2 Å². The predicted molar refractivity (Wildman–Crippen MR) is 163 cm³/mol. The second-order valence-electron chi connectivity index (χ2n) is 10.3. The first-order valence-electron chi connectivity index (χ1n) is 13.4. The minimum absolute atomic E-state index is 0.000538. The van der Waals surface area contributed by atoms with Crippen molar-refractivity contribution in [2.24, 2.45) is 5.92 Å². The highest BCUT2D eigenvalue weighted by molar-refractivity contribution is 7.92. The zero-order valence-electron chi connectivity index (χ0n) is 24.1. The van der Waals surface area contributed by atoms with Crippen molar-refractivity contribution >= 4 is 43.2 Å². The fourth-order valence-corrected chi connectivity index (χ4v) is 7.01. The van der Waals surface area contributed by atoms with Crippen LogP contribution in [0, 0.1) is 5.92 Å². The summed E-state index contributed by atoms with van der Waals surface area (Å²) in [4.78, 5) is 15.2. The summed E-state index contributed by atoms with van der Waals surface area (Å²) in [5, 5.41) is 10.3. The van der Waals surface area contributed by atoms with Gasteiger partial charge in [-0.05, 0) is 67.6 Å². The molecule has 3 atom stereocenters. The Kier molecular flexibility index (Phi) is 9.92. The molecule has 0 spiro atoms. The van der Waals surface area contributed by atoms with Crippen LogP contribution in [0.1, 0.15) is 24.2 Å². The summed E-state index contributed by atoms with van der Waals surface area (Å²) >= 11 is 5.94. The average molecular weight is 652 g/mol. The van der Waals surface area contributed by atoms with E-state index >= 15 is 0 Å². The molecular weight excluding hydrogens is 618 g/mol. The van der Waals surface area contributed by atoms with Gasteiger partial charge in [0.1, 0.15) is 11.9 Å². The van der Waals surface area contributed by atoms with Crippen molar-refractivity contribution in [1.29, 1.82) is 0 Å². The largest absolute Gasteiger partial charge is 0.497 e. The molecule has 0 unspecified atom stereocenters. The lowest BCUT2D eigenvalue weighted by Gasteiger charge is -2.38. The molecule has 1 aliphatic rings. The van der Waals surface area contributed by atoms with E-state index in [2.05, 4.69) is 4.72 Å². The fourth-order valence-electron chi connectivity index (χ4n) is 4.64. The van der Waals surface area contributed by atoms with Gasteiger partial charge in [0.15, 0.2) is 5.75 Å². The molecule has 3 aromatic carbocycles. The van der Waals surface area contributed by atoms with Gasteiger partial charge in [-0.25, -0.2) is 16.8 Å². The molecule has 1 heterocycles. The Morgan fingerprint density at radius 1 is 1.07 bits per heavy atom. The molecule has 2 N–H and O–H groups in total. The number of carbonyl (C=O) groups is 1. The van der Waals surface area contributed by atoms with Crippen molar-refractivity contribution in [3.05, 3.63) is 77.3 Å². The Hall–Kier alpha value is -3.36. The van der Waals surface area contributed by atoms with Crippen molar-refractivity contribution in [3.63, 3.8) is 0 Å². The number of para-hydroxylation sites is 1. The number of nitrogens with one attached hydrogen (secondary N) is 1. The van der Waals surface area contributed by atoms with E-state index in [9.17, 15) is 26.7 Å². The lowest BCUT2D eigenvalue weighted by atomic mass is 9.99. The molecule has 0 aromatic heterocycles. The van der Waals surface area contributed by atoms with Crippen LogP contribution in [0.3, 0.4) is 0 Å². The summed E-state index contributed by atoms with van der Waals surface area (Å²) in [7, 11) is -5.20. The minimum Gasteiger partial charge on any atom is -0.497 e. The van der Waals surface area contributed by atoms with Crippen LogP contribution in [0.15, 0.2) is 76.5 Å². The Labute approximate surface area is 257 Å². The van der Waals surface area contributed by atoms with Crippen LogP contribution in [-0.4, -0.2) is 83.1 Å². The molecule has 0 saturated carbocycles. The van der Waals surface area contributed by atoms with Crippen LogP contribution < -0.4 is 14.2 Å². The smallest absolute Gasteiger partial charge is 0.262 e. The summed E-state index contributed by atoms with van der Waals surface area (Å²) in [6.07, 6.45) is -0.820. The lowest BCUT2D eigenvalue weighted by Crippen LogP contribution is -2.50. The number of hydrogen-bond donors (Lipinski definition) is 2. The van der Waals surface area contributed by atoms with Crippen LogP contribution >= 0.6 is 11.6 Å². The van der Waals surface area contributed by atoms with Crippen molar-refractivity contribution in [2.45, 2.75) is 35.8 Å². The standard InChI is InChI=1S/C29H34ClN3O8S2/c1-19-16-33(20(2)18-34)29(35)25-6-5-7-26(31-42(36,37)23-14-10-22(40-4)11-15-23)28(25)41-27(19)17-32(3)43(38,39)24-12-8-21(30)9-13-24/h5-15,19-20,27,31,34H,16-18H2,1-4H3/t19-,20+,27-/m0/s1. The molecule has 11 nitrogen and oxygen atoms in total. The van der Waals surface area contributed by atoms with Crippen LogP contribution in [0.4, 0.5) is 5.69 Å².